The molecule has 0 fully saturated rings. The number of rotatable bonds is 18. The van der Waals surface area contributed by atoms with Crippen LogP contribution in [0.1, 0.15) is 0 Å². The topological polar surface area (TPSA) is 0 Å². The predicted molar refractivity (Wildman–Crippen MR) is 511 cm³/mol. The molecule has 0 aliphatic carbocycles. The number of hydrogen-bond acceptors (Lipinski definition) is 0. The van der Waals surface area contributed by atoms with Crippen LogP contribution in [0, 0.1) is 0 Å². The van der Waals surface area contributed by atoms with Crippen LogP contribution < -0.4 is 120 Å². The molecule has 18 aromatic rings. The zero-order chi connectivity index (χ0) is 77.5. The van der Waals surface area contributed by atoms with Gasteiger partial charge in [-0.25, -0.2) is 0 Å². The standard InChI is InChI=1S/6C18H15P.2ClH.2Pd/c6*1-4-10-16(11-5-1)19(17-12-6-2-7-13-17)18-14-8-3-9-15-18;;;;/h6*1-15H;2*1H;;/q;;;;;;;;;+2/p-2. The molecule has 0 saturated heterocycles. The third kappa shape index (κ3) is 27.8. The van der Waals surface area contributed by atoms with Crippen molar-refractivity contribution in [2.24, 2.45) is 0 Å². The van der Waals surface area contributed by atoms with E-state index in [1.54, 1.807) is 0 Å². The van der Waals surface area contributed by atoms with E-state index in [1.165, 1.54) is 95.5 Å². The van der Waals surface area contributed by atoms with Gasteiger partial charge in [0.25, 0.3) is 0 Å². The van der Waals surface area contributed by atoms with Crippen LogP contribution in [0.4, 0.5) is 0 Å². The van der Waals surface area contributed by atoms with Gasteiger partial charge in [-0.05, 0) is 143 Å². The van der Waals surface area contributed by atoms with Gasteiger partial charge in [-0.2, -0.15) is 0 Å². The zero-order valence-corrected chi connectivity index (χ0v) is 75.0. The van der Waals surface area contributed by atoms with Crippen molar-refractivity contribution in [3.8, 4) is 0 Å². The van der Waals surface area contributed by atoms with Gasteiger partial charge in [-0.1, -0.05) is 546 Å². The Morgan fingerprint density at radius 3 is 0.169 bits per heavy atom. The molecule has 0 N–H and O–H groups in total. The van der Waals surface area contributed by atoms with Crippen molar-refractivity contribution in [3.63, 3.8) is 0 Å². The molecule has 0 bridgehead atoms. The molecule has 18 rings (SSSR count). The van der Waals surface area contributed by atoms with Gasteiger partial charge in [-0.15, -0.1) is 0 Å². The molecular weight excluding hydrogens is 1770 g/mol. The van der Waals surface area contributed by atoms with E-state index in [9.17, 15) is 0 Å². The third-order valence-electron chi connectivity index (χ3n) is 18.3. The summed E-state index contributed by atoms with van der Waals surface area (Å²) >= 11 is 0. The minimum absolute atomic E-state index is 0. The van der Waals surface area contributed by atoms with E-state index in [0.717, 1.165) is 0 Å². The summed E-state index contributed by atoms with van der Waals surface area (Å²) in [5.74, 6) is 0. The van der Waals surface area contributed by atoms with E-state index < -0.39 is 47.5 Å². The van der Waals surface area contributed by atoms with E-state index >= 15 is 0 Å². The maximum absolute atomic E-state index is 2.23. The van der Waals surface area contributed by atoms with Crippen molar-refractivity contribution in [3.05, 3.63) is 546 Å². The second-order valence-corrected chi connectivity index (χ2v) is 39.4. The van der Waals surface area contributed by atoms with Crippen molar-refractivity contribution < 1.29 is 65.7 Å². The summed E-state index contributed by atoms with van der Waals surface area (Å²) in [7, 11) is -2.68. The van der Waals surface area contributed by atoms with Gasteiger partial charge in [0.1, 0.15) is 0 Å². The molecule has 118 heavy (non-hydrogen) atoms. The Labute approximate surface area is 747 Å². The average molecular weight is 1860 g/mol. The van der Waals surface area contributed by atoms with Gasteiger partial charge in [0, 0.05) is 20.4 Å². The van der Waals surface area contributed by atoms with Crippen molar-refractivity contribution >= 4 is 143 Å². The number of halogens is 2. The molecule has 0 aliphatic rings. The molecule has 18 aromatic carbocycles. The maximum Gasteiger partial charge on any atom is 2.00 e. The Balaban J connectivity index is 0.000000160. The van der Waals surface area contributed by atoms with Gasteiger partial charge in [0.05, 0.1) is 0 Å². The summed E-state index contributed by atoms with van der Waals surface area (Å²) in [6.07, 6.45) is 0. The van der Waals surface area contributed by atoms with Crippen LogP contribution in [0.15, 0.2) is 546 Å². The van der Waals surface area contributed by atoms with E-state index in [1.807, 2.05) is 0 Å². The molecule has 0 spiro atoms. The Morgan fingerprint density at radius 1 is 0.0847 bits per heavy atom. The summed E-state index contributed by atoms with van der Waals surface area (Å²) < 4.78 is 0. The largest absolute Gasteiger partial charge is 2.00 e. The predicted octanol–water partition coefficient (Wildman–Crippen LogP) is 14.7. The first-order valence-corrected chi connectivity index (χ1v) is 46.5. The van der Waals surface area contributed by atoms with Gasteiger partial charge in [0.2, 0.25) is 0 Å². The Morgan fingerprint density at radius 2 is 0.127 bits per heavy atom. The summed E-state index contributed by atoms with van der Waals surface area (Å²) in [5.41, 5.74) is 0. The quantitative estimate of drug-likeness (QED) is 0.0593. The normalized spacial score (nSPS) is 10.2. The smallest absolute Gasteiger partial charge is 1.00 e. The third-order valence-corrected chi connectivity index (χ3v) is 32.9. The van der Waals surface area contributed by atoms with Crippen molar-refractivity contribution in [2.45, 2.75) is 0 Å². The number of hydrogen-bond donors (Lipinski definition) is 0. The van der Waals surface area contributed by atoms with E-state index in [0.29, 0.717) is 0 Å². The fourth-order valence-electron chi connectivity index (χ4n) is 13.1. The minimum Gasteiger partial charge on any atom is -1.00 e. The van der Waals surface area contributed by atoms with E-state index in [4.69, 9.17) is 0 Å². The van der Waals surface area contributed by atoms with Crippen LogP contribution >= 0.6 is 47.5 Å². The summed E-state index contributed by atoms with van der Waals surface area (Å²) in [5, 5.41) is 25.2. The van der Waals surface area contributed by atoms with Crippen molar-refractivity contribution in [1.29, 1.82) is 0 Å². The van der Waals surface area contributed by atoms with Crippen LogP contribution in [0.25, 0.3) is 0 Å². The molecule has 0 heterocycles. The van der Waals surface area contributed by atoms with Crippen molar-refractivity contribution in [2.75, 3.05) is 0 Å². The van der Waals surface area contributed by atoms with Crippen LogP contribution in [-0.4, -0.2) is 0 Å². The maximum atomic E-state index is 2.23. The van der Waals surface area contributed by atoms with E-state index in [2.05, 4.69) is 546 Å². The second-order valence-electron chi connectivity index (χ2n) is 26.1. The van der Waals surface area contributed by atoms with Crippen LogP contribution in [0.5, 0.6) is 0 Å². The van der Waals surface area contributed by atoms with Gasteiger partial charge >= 0.3 is 20.4 Å². The summed E-state index contributed by atoms with van der Waals surface area (Å²) in [6.45, 7) is 0. The van der Waals surface area contributed by atoms with Gasteiger partial charge in [-0.3, -0.25) is 0 Å². The Kier molecular flexibility index (Phi) is 41.0. The summed E-state index contributed by atoms with van der Waals surface area (Å²) in [4.78, 5) is 0. The Bertz CT molecular complexity index is 4090. The molecule has 0 nitrogen and oxygen atoms in total. The molecule has 0 aromatic heterocycles. The molecule has 10 heteroatoms. The molecule has 0 saturated carbocycles. The monoisotopic (exact) mass is 1850 g/mol. The van der Waals surface area contributed by atoms with Crippen LogP contribution in [0.2, 0.25) is 0 Å². The van der Waals surface area contributed by atoms with Crippen LogP contribution in [0.3, 0.4) is 0 Å². The molecular formula is C108H90Cl2P6Pd2. The molecule has 586 valence electrons. The first-order chi connectivity index (χ1) is 56.7. The molecule has 0 radical (unpaired) electrons. The molecule has 0 unspecified atom stereocenters. The fourth-order valence-corrected chi connectivity index (χ4v) is 26.9. The first kappa shape index (κ1) is 92.3. The Hall–Kier alpha value is -9.56. The van der Waals surface area contributed by atoms with E-state index in [-0.39, 0.29) is 65.7 Å². The summed E-state index contributed by atoms with van der Waals surface area (Å²) in [6, 6.07) is 194. The number of benzene rings is 18. The fraction of sp³-hybridized carbons (Fsp3) is 0. The average Bonchev–Trinajstić information content (AvgIpc) is 0.854. The van der Waals surface area contributed by atoms with Gasteiger partial charge < -0.3 is 24.8 Å². The zero-order valence-electron chi connectivity index (χ0n) is 65.0. The minimum atomic E-state index is -0.446. The first-order valence-electron chi connectivity index (χ1n) is 38.4. The molecule has 0 atom stereocenters. The van der Waals surface area contributed by atoms with Crippen LogP contribution in [-0.2, 0) is 40.8 Å². The SMILES string of the molecule is [Cl-].[Cl-].[Pd+2].[Pd].c1ccc(P(c2ccccc2)c2ccccc2)cc1.c1ccc(P(c2ccccc2)c2ccccc2)cc1.c1ccc(P(c2ccccc2)c2ccccc2)cc1.c1ccc(P(c2ccccc2)c2ccccc2)cc1.c1ccc(P(c2ccccc2)c2ccccc2)cc1.c1ccc(P(c2ccccc2)c2ccccc2)cc1. The van der Waals surface area contributed by atoms with Gasteiger partial charge in [0.15, 0.2) is 0 Å². The molecule has 0 aliphatic heterocycles. The van der Waals surface area contributed by atoms with Crippen molar-refractivity contribution in [1.82, 2.24) is 0 Å². The molecule has 0 amide bonds. The second kappa shape index (κ2) is 52.4.